The number of hydrogen-bond donors (Lipinski definition) is 2. The molecule has 1 saturated heterocycles. The molecule has 1 aliphatic rings. The summed E-state index contributed by atoms with van der Waals surface area (Å²) in [4.78, 5) is 0. The van der Waals surface area contributed by atoms with Gasteiger partial charge in [-0.15, -0.1) is 0 Å². The Balaban J connectivity index is 2.05. The molecule has 0 amide bonds. The molecular formula is C11H12FN3. The fourth-order valence-corrected chi connectivity index (χ4v) is 1.51. The first-order valence-corrected chi connectivity index (χ1v) is 4.91. The zero-order valence-electron chi connectivity index (χ0n) is 8.20. The van der Waals surface area contributed by atoms with Gasteiger partial charge in [0.15, 0.2) is 0 Å². The summed E-state index contributed by atoms with van der Waals surface area (Å²) in [6.45, 7) is 1.78. The molecule has 0 aliphatic carbocycles. The fraction of sp³-hybridized carbons (Fsp3) is 0.364. The summed E-state index contributed by atoms with van der Waals surface area (Å²) in [7, 11) is 0. The number of nitriles is 1. The highest BCUT2D eigenvalue weighted by molar-refractivity contribution is 5.24. The summed E-state index contributed by atoms with van der Waals surface area (Å²) in [6, 6.07) is 8.21. The minimum atomic E-state index is -0.349. The predicted octanol–water partition coefficient (Wildman–Crippen LogP) is 0.952. The zero-order chi connectivity index (χ0) is 10.7. The zero-order valence-corrected chi connectivity index (χ0v) is 8.20. The summed E-state index contributed by atoms with van der Waals surface area (Å²) in [5.41, 5.74) is 0.811. The quantitative estimate of drug-likeness (QED) is 0.772. The lowest BCUT2D eigenvalue weighted by molar-refractivity contribution is 0.352. The van der Waals surface area contributed by atoms with Crippen LogP contribution < -0.4 is 10.6 Å². The highest BCUT2D eigenvalue weighted by Crippen LogP contribution is 2.14. The summed E-state index contributed by atoms with van der Waals surface area (Å²) >= 11 is 0. The Kier molecular flexibility index (Phi) is 2.95. The lowest BCUT2D eigenvalue weighted by Crippen LogP contribution is -2.55. The monoisotopic (exact) mass is 205 g/mol. The van der Waals surface area contributed by atoms with Crippen molar-refractivity contribution < 1.29 is 4.39 Å². The van der Waals surface area contributed by atoms with Gasteiger partial charge in [-0.25, -0.2) is 4.39 Å². The summed E-state index contributed by atoms with van der Waals surface area (Å²) in [5.74, 6) is -0.277. The molecule has 3 nitrogen and oxygen atoms in total. The van der Waals surface area contributed by atoms with E-state index in [1.165, 1.54) is 12.1 Å². The van der Waals surface area contributed by atoms with Crippen molar-refractivity contribution in [2.24, 2.45) is 0 Å². The number of hydrogen-bond acceptors (Lipinski definition) is 3. The molecule has 78 valence electrons. The van der Waals surface area contributed by atoms with Crippen LogP contribution in [0.25, 0.3) is 0 Å². The molecule has 1 atom stereocenters. The van der Waals surface area contributed by atoms with Gasteiger partial charge in [-0.1, -0.05) is 12.1 Å². The number of rotatable bonds is 3. The van der Waals surface area contributed by atoms with Gasteiger partial charge < -0.3 is 5.32 Å². The van der Waals surface area contributed by atoms with Crippen LogP contribution in [0.15, 0.2) is 24.3 Å². The van der Waals surface area contributed by atoms with E-state index >= 15 is 0 Å². The van der Waals surface area contributed by atoms with Crippen molar-refractivity contribution in [3.8, 4) is 6.07 Å². The molecule has 0 aromatic heterocycles. The maximum Gasteiger partial charge on any atom is 0.123 e. The Morgan fingerprint density at radius 1 is 1.40 bits per heavy atom. The standard InChI is InChI=1S/C11H12FN3/c12-9-3-1-8(2-4-9)11(5-13)15-10-6-14-7-10/h1-4,10-11,14-15H,6-7H2/t11-/m0/s1. The van der Waals surface area contributed by atoms with E-state index in [9.17, 15) is 4.39 Å². The Morgan fingerprint density at radius 2 is 2.07 bits per heavy atom. The molecule has 2 rings (SSSR count). The van der Waals surface area contributed by atoms with Gasteiger partial charge in [0, 0.05) is 19.1 Å². The fourth-order valence-electron chi connectivity index (χ4n) is 1.51. The van der Waals surface area contributed by atoms with E-state index in [0.29, 0.717) is 6.04 Å². The second-order valence-corrected chi connectivity index (χ2v) is 3.64. The van der Waals surface area contributed by atoms with Crippen molar-refractivity contribution in [1.82, 2.24) is 10.6 Å². The molecule has 0 spiro atoms. The Bertz CT molecular complexity index is 364. The second-order valence-electron chi connectivity index (χ2n) is 3.64. The van der Waals surface area contributed by atoms with Crippen LogP contribution in [0.4, 0.5) is 4.39 Å². The molecule has 1 heterocycles. The molecule has 0 saturated carbocycles. The van der Waals surface area contributed by atoms with Crippen LogP contribution in [-0.2, 0) is 0 Å². The molecule has 1 aromatic carbocycles. The van der Waals surface area contributed by atoms with E-state index in [4.69, 9.17) is 5.26 Å². The van der Waals surface area contributed by atoms with Gasteiger partial charge in [0.1, 0.15) is 11.9 Å². The largest absolute Gasteiger partial charge is 0.314 e. The van der Waals surface area contributed by atoms with Crippen molar-refractivity contribution in [1.29, 1.82) is 5.26 Å². The van der Waals surface area contributed by atoms with E-state index in [1.807, 2.05) is 0 Å². The summed E-state index contributed by atoms with van der Waals surface area (Å²) in [6.07, 6.45) is 0. The van der Waals surface area contributed by atoms with Crippen LogP contribution in [0.2, 0.25) is 0 Å². The maximum absolute atomic E-state index is 12.7. The van der Waals surface area contributed by atoms with Crippen molar-refractivity contribution in [3.63, 3.8) is 0 Å². The summed E-state index contributed by atoms with van der Waals surface area (Å²) in [5, 5.41) is 15.3. The third-order valence-electron chi connectivity index (χ3n) is 2.52. The van der Waals surface area contributed by atoms with Gasteiger partial charge in [-0.05, 0) is 17.7 Å². The molecule has 4 heteroatoms. The molecule has 15 heavy (non-hydrogen) atoms. The first-order valence-electron chi connectivity index (χ1n) is 4.91. The first-order chi connectivity index (χ1) is 7.29. The van der Waals surface area contributed by atoms with Crippen LogP contribution in [-0.4, -0.2) is 19.1 Å². The molecule has 0 unspecified atom stereocenters. The van der Waals surface area contributed by atoms with Gasteiger partial charge in [-0.3, -0.25) is 5.32 Å². The Morgan fingerprint density at radius 3 is 2.53 bits per heavy atom. The molecular weight excluding hydrogens is 193 g/mol. The smallest absolute Gasteiger partial charge is 0.123 e. The highest BCUT2D eigenvalue weighted by atomic mass is 19.1. The van der Waals surface area contributed by atoms with Crippen molar-refractivity contribution >= 4 is 0 Å². The highest BCUT2D eigenvalue weighted by Gasteiger charge is 2.21. The van der Waals surface area contributed by atoms with E-state index in [-0.39, 0.29) is 11.9 Å². The maximum atomic E-state index is 12.7. The van der Waals surface area contributed by atoms with Crippen LogP contribution in [0, 0.1) is 17.1 Å². The van der Waals surface area contributed by atoms with Gasteiger partial charge in [-0.2, -0.15) is 5.26 Å². The van der Waals surface area contributed by atoms with Crippen molar-refractivity contribution in [2.75, 3.05) is 13.1 Å². The number of nitrogens with one attached hydrogen (secondary N) is 2. The van der Waals surface area contributed by atoms with Crippen LogP contribution in [0.1, 0.15) is 11.6 Å². The molecule has 1 aliphatic heterocycles. The minimum absolute atomic E-state index is 0.277. The van der Waals surface area contributed by atoms with E-state index in [1.54, 1.807) is 12.1 Å². The van der Waals surface area contributed by atoms with E-state index in [0.717, 1.165) is 18.7 Å². The van der Waals surface area contributed by atoms with Gasteiger partial charge in [0.05, 0.1) is 6.07 Å². The number of nitrogens with zero attached hydrogens (tertiary/aromatic N) is 1. The van der Waals surface area contributed by atoms with Crippen molar-refractivity contribution in [3.05, 3.63) is 35.6 Å². The molecule has 1 aromatic rings. The average Bonchev–Trinajstić information content (AvgIpc) is 2.19. The first kappa shape index (κ1) is 10.1. The molecule has 0 bridgehead atoms. The third-order valence-corrected chi connectivity index (χ3v) is 2.52. The minimum Gasteiger partial charge on any atom is -0.314 e. The van der Waals surface area contributed by atoms with Gasteiger partial charge >= 0.3 is 0 Å². The predicted molar refractivity (Wildman–Crippen MR) is 54.5 cm³/mol. The Hall–Kier alpha value is -1.44. The summed E-state index contributed by atoms with van der Waals surface area (Å²) < 4.78 is 12.7. The van der Waals surface area contributed by atoms with E-state index < -0.39 is 0 Å². The second kappa shape index (κ2) is 4.39. The van der Waals surface area contributed by atoms with Gasteiger partial charge in [0.25, 0.3) is 0 Å². The molecule has 2 N–H and O–H groups in total. The van der Waals surface area contributed by atoms with E-state index in [2.05, 4.69) is 16.7 Å². The SMILES string of the molecule is N#C[C@H](NC1CNC1)c1ccc(F)cc1. The molecule has 0 radical (unpaired) electrons. The Labute approximate surface area is 87.9 Å². The lowest BCUT2D eigenvalue weighted by Gasteiger charge is -2.30. The van der Waals surface area contributed by atoms with Crippen molar-refractivity contribution in [2.45, 2.75) is 12.1 Å². The number of halogens is 1. The normalized spacial score (nSPS) is 17.9. The van der Waals surface area contributed by atoms with Crippen LogP contribution >= 0.6 is 0 Å². The molecule has 1 fully saturated rings. The third kappa shape index (κ3) is 2.32. The topological polar surface area (TPSA) is 47.9 Å². The number of benzene rings is 1. The lowest BCUT2D eigenvalue weighted by atomic mass is 10.1. The van der Waals surface area contributed by atoms with Crippen LogP contribution in [0.5, 0.6) is 0 Å². The average molecular weight is 205 g/mol. The van der Waals surface area contributed by atoms with Crippen LogP contribution in [0.3, 0.4) is 0 Å². The van der Waals surface area contributed by atoms with Gasteiger partial charge in [0.2, 0.25) is 0 Å².